The largest absolute Gasteiger partial charge is 0.459 e. The zero-order valence-corrected chi connectivity index (χ0v) is 12.2. The van der Waals surface area contributed by atoms with Crippen molar-refractivity contribution in [2.75, 3.05) is 7.11 Å². The molecule has 104 valence electrons. The lowest BCUT2D eigenvalue weighted by Crippen LogP contribution is -2.24. The molecule has 0 aliphatic rings. The van der Waals surface area contributed by atoms with E-state index in [1.807, 2.05) is 12.1 Å². The minimum atomic E-state index is -0.139. The molecule has 0 fully saturated rings. The van der Waals surface area contributed by atoms with Crippen LogP contribution in [0.3, 0.4) is 0 Å². The van der Waals surface area contributed by atoms with Gasteiger partial charge in [-0.2, -0.15) is 0 Å². The van der Waals surface area contributed by atoms with E-state index in [9.17, 15) is 0 Å². The van der Waals surface area contributed by atoms with Crippen molar-refractivity contribution in [2.45, 2.75) is 45.3 Å². The molecule has 19 heavy (non-hydrogen) atoms. The van der Waals surface area contributed by atoms with Gasteiger partial charge in [0.15, 0.2) is 0 Å². The molecule has 2 aromatic rings. The van der Waals surface area contributed by atoms with Gasteiger partial charge in [0.1, 0.15) is 11.3 Å². The van der Waals surface area contributed by atoms with Gasteiger partial charge in [-0.1, -0.05) is 11.6 Å². The predicted molar refractivity (Wildman–Crippen MR) is 78.2 cm³/mol. The average molecular weight is 261 g/mol. The van der Waals surface area contributed by atoms with Gasteiger partial charge in [-0.25, -0.2) is 0 Å². The molecule has 2 N–H and O–H groups in total. The van der Waals surface area contributed by atoms with E-state index in [2.05, 4.69) is 32.9 Å². The van der Waals surface area contributed by atoms with Crippen LogP contribution in [0.2, 0.25) is 0 Å². The van der Waals surface area contributed by atoms with Crippen molar-refractivity contribution in [1.29, 1.82) is 0 Å². The summed E-state index contributed by atoms with van der Waals surface area (Å²) in [6, 6.07) is 8.14. The number of aryl methyl sites for hydroxylation is 1. The summed E-state index contributed by atoms with van der Waals surface area (Å²) in [5, 5.41) is 1.12. The van der Waals surface area contributed by atoms with Crippen LogP contribution in [0, 0.1) is 6.92 Å². The Morgan fingerprint density at radius 2 is 2.05 bits per heavy atom. The summed E-state index contributed by atoms with van der Waals surface area (Å²) in [5.41, 5.74) is 8.21. The molecule has 0 saturated heterocycles. The number of rotatable bonds is 5. The van der Waals surface area contributed by atoms with Gasteiger partial charge in [0.05, 0.1) is 11.6 Å². The van der Waals surface area contributed by atoms with E-state index >= 15 is 0 Å². The zero-order valence-electron chi connectivity index (χ0n) is 12.2. The van der Waals surface area contributed by atoms with Gasteiger partial charge in [0.25, 0.3) is 0 Å². The van der Waals surface area contributed by atoms with E-state index in [1.54, 1.807) is 7.11 Å². The number of benzene rings is 1. The van der Waals surface area contributed by atoms with E-state index in [4.69, 9.17) is 14.9 Å². The molecule has 1 aromatic carbocycles. The molecular formula is C16H23NO2. The second-order valence-electron chi connectivity index (χ2n) is 5.80. The first-order chi connectivity index (χ1) is 8.91. The number of nitrogens with two attached hydrogens (primary N) is 1. The van der Waals surface area contributed by atoms with E-state index in [1.165, 1.54) is 5.56 Å². The number of fused-ring (bicyclic) bond motifs is 1. The lowest BCUT2D eigenvalue weighted by atomic mass is 9.98. The maximum Gasteiger partial charge on any atom is 0.134 e. The molecule has 0 bridgehead atoms. The monoisotopic (exact) mass is 261 g/mol. The minimum absolute atomic E-state index is 0.0814. The van der Waals surface area contributed by atoms with Crippen LogP contribution in [0.4, 0.5) is 0 Å². The average Bonchev–Trinajstić information content (AvgIpc) is 2.79. The molecule has 2 rings (SSSR count). The Morgan fingerprint density at radius 1 is 1.32 bits per heavy atom. The quantitative estimate of drug-likeness (QED) is 0.886. The Hall–Kier alpha value is -1.32. The van der Waals surface area contributed by atoms with Crippen molar-refractivity contribution in [1.82, 2.24) is 0 Å². The maximum absolute atomic E-state index is 6.21. The van der Waals surface area contributed by atoms with Gasteiger partial charge in [-0.3, -0.25) is 0 Å². The highest BCUT2D eigenvalue weighted by molar-refractivity contribution is 5.78. The molecule has 1 atom stereocenters. The Kier molecular flexibility index (Phi) is 3.97. The van der Waals surface area contributed by atoms with Crippen molar-refractivity contribution in [2.24, 2.45) is 5.73 Å². The lowest BCUT2D eigenvalue weighted by molar-refractivity contribution is 0.0121. The second kappa shape index (κ2) is 5.35. The summed E-state index contributed by atoms with van der Waals surface area (Å²) in [6.07, 6.45) is 1.75. The molecule has 3 heteroatoms. The van der Waals surface area contributed by atoms with Crippen molar-refractivity contribution >= 4 is 11.0 Å². The Morgan fingerprint density at radius 3 is 2.74 bits per heavy atom. The van der Waals surface area contributed by atoms with Crippen LogP contribution >= 0.6 is 0 Å². The normalized spacial score (nSPS) is 13.9. The van der Waals surface area contributed by atoms with Crippen LogP contribution in [0.15, 0.2) is 28.7 Å². The maximum atomic E-state index is 6.21. The molecule has 3 nitrogen and oxygen atoms in total. The van der Waals surface area contributed by atoms with E-state index in [0.29, 0.717) is 0 Å². The van der Waals surface area contributed by atoms with Gasteiger partial charge in [0, 0.05) is 12.5 Å². The summed E-state index contributed by atoms with van der Waals surface area (Å²) >= 11 is 0. The van der Waals surface area contributed by atoms with Crippen LogP contribution in [0.25, 0.3) is 11.0 Å². The standard InChI is InChI=1S/C16H23NO2/c1-11-5-6-14-12(9-11)10-15(19-14)13(17)7-8-16(2,3)18-4/h5-6,9-10,13H,7-8,17H2,1-4H3. The molecule has 1 unspecified atom stereocenters. The molecule has 0 saturated carbocycles. The number of furan rings is 1. The molecule has 1 aromatic heterocycles. The van der Waals surface area contributed by atoms with Gasteiger partial charge in [-0.05, 0) is 51.8 Å². The zero-order chi connectivity index (χ0) is 14.0. The first-order valence-corrected chi connectivity index (χ1v) is 6.72. The highest BCUT2D eigenvalue weighted by Gasteiger charge is 2.20. The van der Waals surface area contributed by atoms with E-state index in [0.717, 1.165) is 29.6 Å². The van der Waals surface area contributed by atoms with Crippen LogP contribution in [0.5, 0.6) is 0 Å². The number of ether oxygens (including phenoxy) is 1. The lowest BCUT2D eigenvalue weighted by Gasteiger charge is -2.23. The van der Waals surface area contributed by atoms with E-state index in [-0.39, 0.29) is 11.6 Å². The Balaban J connectivity index is 2.11. The second-order valence-corrected chi connectivity index (χ2v) is 5.80. The first kappa shape index (κ1) is 14.1. The third-order valence-electron chi connectivity index (χ3n) is 3.67. The van der Waals surface area contributed by atoms with Crippen molar-refractivity contribution in [3.63, 3.8) is 0 Å². The van der Waals surface area contributed by atoms with Gasteiger partial charge in [0.2, 0.25) is 0 Å². The predicted octanol–water partition coefficient (Wildman–Crippen LogP) is 3.95. The number of hydrogen-bond donors (Lipinski definition) is 1. The SMILES string of the molecule is COC(C)(C)CCC(N)c1cc2cc(C)ccc2o1. The Labute approximate surface area is 114 Å². The van der Waals surface area contributed by atoms with Gasteiger partial charge >= 0.3 is 0 Å². The minimum Gasteiger partial charge on any atom is -0.459 e. The van der Waals surface area contributed by atoms with E-state index < -0.39 is 0 Å². The molecule has 0 aliphatic heterocycles. The van der Waals surface area contributed by atoms with Gasteiger partial charge in [-0.15, -0.1) is 0 Å². The van der Waals surface area contributed by atoms with Crippen LogP contribution in [-0.4, -0.2) is 12.7 Å². The topological polar surface area (TPSA) is 48.4 Å². The number of methoxy groups -OCH3 is 1. The molecule has 0 amide bonds. The van der Waals surface area contributed by atoms with Crippen LogP contribution in [0.1, 0.15) is 44.1 Å². The summed E-state index contributed by atoms with van der Waals surface area (Å²) in [5.74, 6) is 0.854. The third kappa shape index (κ3) is 3.37. The first-order valence-electron chi connectivity index (χ1n) is 6.72. The molecular weight excluding hydrogens is 238 g/mol. The summed E-state index contributed by atoms with van der Waals surface area (Å²) in [7, 11) is 1.73. The molecule has 1 heterocycles. The fourth-order valence-electron chi connectivity index (χ4n) is 2.11. The fourth-order valence-corrected chi connectivity index (χ4v) is 2.11. The van der Waals surface area contributed by atoms with Crippen molar-refractivity contribution < 1.29 is 9.15 Å². The molecule has 0 spiro atoms. The van der Waals surface area contributed by atoms with Crippen LogP contribution in [-0.2, 0) is 4.74 Å². The highest BCUT2D eigenvalue weighted by Crippen LogP contribution is 2.28. The molecule has 0 radical (unpaired) electrons. The Bertz CT molecular complexity index is 557. The summed E-state index contributed by atoms with van der Waals surface area (Å²) in [6.45, 7) is 6.22. The summed E-state index contributed by atoms with van der Waals surface area (Å²) < 4.78 is 11.2. The van der Waals surface area contributed by atoms with Crippen molar-refractivity contribution in [3.05, 3.63) is 35.6 Å². The van der Waals surface area contributed by atoms with Crippen LogP contribution < -0.4 is 5.73 Å². The fraction of sp³-hybridized carbons (Fsp3) is 0.500. The summed E-state index contributed by atoms with van der Waals surface area (Å²) in [4.78, 5) is 0. The number of hydrogen-bond acceptors (Lipinski definition) is 3. The smallest absolute Gasteiger partial charge is 0.134 e. The third-order valence-corrected chi connectivity index (χ3v) is 3.67. The molecule has 0 aliphatic carbocycles. The van der Waals surface area contributed by atoms with Crippen molar-refractivity contribution in [3.8, 4) is 0 Å². The van der Waals surface area contributed by atoms with Gasteiger partial charge < -0.3 is 14.9 Å². The highest BCUT2D eigenvalue weighted by atomic mass is 16.5.